The largest absolute Gasteiger partial charge is 0.473 e. The molecule has 2 rings (SSSR count). The summed E-state index contributed by atoms with van der Waals surface area (Å²) >= 11 is 0. The maximum atomic E-state index is 5.38. The number of epoxide rings is 1. The van der Waals surface area contributed by atoms with Crippen LogP contribution in [0.3, 0.4) is 0 Å². The lowest BCUT2D eigenvalue weighted by Crippen LogP contribution is -2.12. The van der Waals surface area contributed by atoms with Gasteiger partial charge in [-0.15, -0.1) is 0 Å². The van der Waals surface area contributed by atoms with Crippen molar-refractivity contribution in [1.82, 2.24) is 5.32 Å². The quantitative estimate of drug-likeness (QED) is 0.438. The highest BCUT2D eigenvalue weighted by Gasteiger charge is 2.24. The van der Waals surface area contributed by atoms with Crippen molar-refractivity contribution in [2.75, 3.05) is 13.3 Å². The Morgan fingerprint density at radius 2 is 2.21 bits per heavy atom. The van der Waals surface area contributed by atoms with Gasteiger partial charge in [0, 0.05) is 0 Å². The Kier molecular flexibility index (Phi) is 2.70. The van der Waals surface area contributed by atoms with Crippen molar-refractivity contribution in [3.8, 4) is 5.75 Å². The summed E-state index contributed by atoms with van der Waals surface area (Å²) in [5.41, 5.74) is 1.22. The Labute approximate surface area is 83.3 Å². The van der Waals surface area contributed by atoms with E-state index in [2.05, 4.69) is 11.9 Å². The van der Waals surface area contributed by atoms with Crippen LogP contribution in [-0.4, -0.2) is 13.3 Å². The molecular formula is C11H13NO2. The van der Waals surface area contributed by atoms with Crippen molar-refractivity contribution in [2.24, 2.45) is 0 Å². The van der Waals surface area contributed by atoms with Gasteiger partial charge in [-0.3, -0.25) is 0 Å². The molecule has 3 heteroatoms. The fraction of sp³-hybridized carbons (Fsp3) is 0.273. The number of hydrogen-bond donors (Lipinski definition) is 1. The first-order valence-corrected chi connectivity index (χ1v) is 4.59. The van der Waals surface area contributed by atoms with Crippen molar-refractivity contribution in [2.45, 2.75) is 6.10 Å². The van der Waals surface area contributed by atoms with Gasteiger partial charge >= 0.3 is 0 Å². The normalized spacial score (nSPS) is 18.7. The molecule has 1 aromatic carbocycles. The van der Waals surface area contributed by atoms with Gasteiger partial charge in [-0.2, -0.15) is 0 Å². The van der Waals surface area contributed by atoms with Gasteiger partial charge in [-0.1, -0.05) is 18.7 Å². The van der Waals surface area contributed by atoms with Crippen LogP contribution in [0.4, 0.5) is 0 Å². The van der Waals surface area contributed by atoms with Gasteiger partial charge in [-0.25, -0.2) is 0 Å². The fourth-order valence-corrected chi connectivity index (χ4v) is 1.20. The maximum Gasteiger partial charge on any atom is 0.158 e. The molecule has 14 heavy (non-hydrogen) atoms. The molecule has 1 heterocycles. The van der Waals surface area contributed by atoms with E-state index in [4.69, 9.17) is 9.47 Å². The lowest BCUT2D eigenvalue weighted by Gasteiger charge is -2.05. The van der Waals surface area contributed by atoms with Gasteiger partial charge in [0.25, 0.3) is 0 Å². The van der Waals surface area contributed by atoms with Crippen LogP contribution in [0, 0.1) is 0 Å². The molecule has 1 N–H and O–H groups in total. The Morgan fingerprint density at radius 1 is 1.50 bits per heavy atom. The molecule has 0 aromatic heterocycles. The maximum absolute atomic E-state index is 5.38. The van der Waals surface area contributed by atoms with E-state index in [1.54, 1.807) is 6.20 Å². The molecule has 1 unspecified atom stereocenters. The number of nitrogens with one attached hydrogen (secondary N) is 1. The molecule has 3 nitrogen and oxygen atoms in total. The molecule has 1 aliphatic heterocycles. The zero-order valence-electron chi connectivity index (χ0n) is 7.90. The highest BCUT2D eigenvalue weighted by molar-refractivity contribution is 5.29. The Hall–Kier alpha value is -1.48. The monoisotopic (exact) mass is 191 g/mol. The predicted molar refractivity (Wildman–Crippen MR) is 54.0 cm³/mol. The van der Waals surface area contributed by atoms with Crippen molar-refractivity contribution in [3.05, 3.63) is 42.6 Å². The van der Waals surface area contributed by atoms with Gasteiger partial charge < -0.3 is 14.8 Å². The fourth-order valence-electron chi connectivity index (χ4n) is 1.20. The third-order valence-electron chi connectivity index (χ3n) is 2.05. The minimum atomic E-state index is 0.315. The molecule has 0 saturated carbocycles. The molecule has 1 aliphatic rings. The first-order valence-electron chi connectivity index (χ1n) is 4.59. The lowest BCUT2D eigenvalue weighted by atomic mass is 10.2. The van der Waals surface area contributed by atoms with E-state index in [9.17, 15) is 0 Å². The number of ether oxygens (including phenoxy) is 2. The minimum absolute atomic E-state index is 0.315. The summed E-state index contributed by atoms with van der Waals surface area (Å²) in [6, 6.07) is 7.95. The van der Waals surface area contributed by atoms with Crippen LogP contribution in [0.5, 0.6) is 5.75 Å². The molecule has 1 aromatic rings. The lowest BCUT2D eigenvalue weighted by molar-refractivity contribution is 0.303. The Morgan fingerprint density at radius 3 is 2.79 bits per heavy atom. The van der Waals surface area contributed by atoms with E-state index in [1.165, 1.54) is 5.56 Å². The van der Waals surface area contributed by atoms with Crippen molar-refractivity contribution < 1.29 is 9.47 Å². The Balaban J connectivity index is 1.88. The van der Waals surface area contributed by atoms with Crippen LogP contribution in [0.1, 0.15) is 11.7 Å². The van der Waals surface area contributed by atoms with Gasteiger partial charge in [-0.05, 0) is 23.9 Å². The van der Waals surface area contributed by atoms with Gasteiger partial charge in [0.1, 0.15) is 11.9 Å². The SMILES string of the molecule is C=CNCOc1ccc(C2CO2)cc1. The van der Waals surface area contributed by atoms with Crippen molar-refractivity contribution in [3.63, 3.8) is 0 Å². The van der Waals surface area contributed by atoms with E-state index in [0.717, 1.165) is 12.4 Å². The summed E-state index contributed by atoms with van der Waals surface area (Å²) in [6.45, 7) is 4.82. The van der Waals surface area contributed by atoms with E-state index < -0.39 is 0 Å². The summed E-state index contributed by atoms with van der Waals surface area (Å²) in [6.07, 6.45) is 1.92. The average Bonchev–Trinajstić information content (AvgIpc) is 3.03. The first kappa shape index (κ1) is 9.09. The second-order valence-corrected chi connectivity index (χ2v) is 3.09. The van der Waals surface area contributed by atoms with E-state index in [-0.39, 0.29) is 0 Å². The number of rotatable bonds is 5. The molecular weight excluding hydrogens is 178 g/mol. The third kappa shape index (κ3) is 2.26. The van der Waals surface area contributed by atoms with Crippen LogP contribution in [-0.2, 0) is 4.74 Å². The predicted octanol–water partition coefficient (Wildman–Crippen LogP) is 1.83. The van der Waals surface area contributed by atoms with Crippen LogP contribution < -0.4 is 10.1 Å². The summed E-state index contributed by atoms with van der Waals surface area (Å²) < 4.78 is 10.5. The van der Waals surface area contributed by atoms with Gasteiger partial charge in [0.15, 0.2) is 6.73 Å². The average molecular weight is 191 g/mol. The smallest absolute Gasteiger partial charge is 0.158 e. The van der Waals surface area contributed by atoms with Crippen LogP contribution in [0.2, 0.25) is 0 Å². The number of hydrogen-bond acceptors (Lipinski definition) is 3. The van der Waals surface area contributed by atoms with Crippen LogP contribution >= 0.6 is 0 Å². The molecule has 74 valence electrons. The zero-order valence-corrected chi connectivity index (χ0v) is 7.90. The number of benzene rings is 1. The summed E-state index contributed by atoms with van der Waals surface area (Å²) in [5.74, 6) is 0.851. The standard InChI is InChI=1S/C11H13NO2/c1-2-12-8-14-10-5-3-9(4-6-10)11-7-13-11/h2-6,11-12H,1,7-8H2. The van der Waals surface area contributed by atoms with Crippen LogP contribution in [0.15, 0.2) is 37.0 Å². The topological polar surface area (TPSA) is 33.8 Å². The Bertz CT molecular complexity index is 304. The molecule has 0 aliphatic carbocycles. The highest BCUT2D eigenvalue weighted by Crippen LogP contribution is 2.30. The summed E-state index contributed by atoms with van der Waals surface area (Å²) in [5, 5.41) is 2.86. The van der Waals surface area contributed by atoms with Gasteiger partial charge in [0.05, 0.1) is 6.61 Å². The van der Waals surface area contributed by atoms with Crippen molar-refractivity contribution >= 4 is 0 Å². The molecule has 1 atom stereocenters. The molecule has 0 spiro atoms. The van der Waals surface area contributed by atoms with Gasteiger partial charge in [0.2, 0.25) is 0 Å². The third-order valence-corrected chi connectivity index (χ3v) is 2.05. The second kappa shape index (κ2) is 4.15. The molecule has 0 bridgehead atoms. The molecule has 0 amide bonds. The molecule has 0 radical (unpaired) electrons. The molecule has 1 saturated heterocycles. The van der Waals surface area contributed by atoms with E-state index in [1.807, 2.05) is 24.3 Å². The summed E-state index contributed by atoms with van der Waals surface area (Å²) in [7, 11) is 0. The molecule has 1 fully saturated rings. The summed E-state index contributed by atoms with van der Waals surface area (Å²) in [4.78, 5) is 0. The van der Waals surface area contributed by atoms with Crippen molar-refractivity contribution in [1.29, 1.82) is 0 Å². The van der Waals surface area contributed by atoms with E-state index in [0.29, 0.717) is 12.8 Å². The first-order chi connectivity index (χ1) is 6.90. The zero-order chi connectivity index (χ0) is 9.80. The van der Waals surface area contributed by atoms with Crippen LogP contribution in [0.25, 0.3) is 0 Å². The second-order valence-electron chi connectivity index (χ2n) is 3.09. The minimum Gasteiger partial charge on any atom is -0.473 e. The van der Waals surface area contributed by atoms with E-state index >= 15 is 0 Å². The highest BCUT2D eigenvalue weighted by atomic mass is 16.6.